The topological polar surface area (TPSA) is 12.0 Å². The van der Waals surface area contributed by atoms with E-state index in [1.165, 1.54) is 19.3 Å². The molecule has 0 radical (unpaired) electrons. The van der Waals surface area contributed by atoms with Gasteiger partial charge < -0.3 is 5.32 Å². The van der Waals surface area contributed by atoms with Crippen molar-refractivity contribution >= 4 is 11.6 Å². The first-order valence-corrected chi connectivity index (χ1v) is 7.99. The lowest BCUT2D eigenvalue weighted by molar-refractivity contribution is 0.197. The average molecular weight is 298 g/mol. The first-order chi connectivity index (χ1) is 9.44. The molecule has 3 heteroatoms. The number of rotatable bonds is 5. The quantitative estimate of drug-likeness (QED) is 0.821. The van der Waals surface area contributed by atoms with E-state index in [1.54, 1.807) is 12.1 Å². The minimum Gasteiger partial charge on any atom is -0.314 e. The maximum absolute atomic E-state index is 13.6. The fourth-order valence-electron chi connectivity index (χ4n) is 3.64. The van der Waals surface area contributed by atoms with Gasteiger partial charge in [0.1, 0.15) is 5.82 Å². The third-order valence-electron chi connectivity index (χ3n) is 4.73. The molecule has 0 amide bonds. The minimum absolute atomic E-state index is 0.204. The van der Waals surface area contributed by atoms with E-state index in [-0.39, 0.29) is 10.8 Å². The molecule has 112 valence electrons. The third-order valence-corrected chi connectivity index (χ3v) is 5.04. The highest BCUT2D eigenvalue weighted by atomic mass is 35.5. The van der Waals surface area contributed by atoms with Crippen LogP contribution in [0.4, 0.5) is 4.39 Å². The molecule has 1 fully saturated rings. The Morgan fingerprint density at radius 3 is 2.75 bits per heavy atom. The zero-order valence-corrected chi connectivity index (χ0v) is 13.4. The number of hydrogen-bond donors (Lipinski definition) is 1. The lowest BCUT2D eigenvalue weighted by Crippen LogP contribution is -2.42. The average Bonchev–Trinajstić information content (AvgIpc) is 2.73. The molecule has 1 aromatic carbocycles. The molecule has 0 bridgehead atoms. The monoisotopic (exact) mass is 297 g/mol. The van der Waals surface area contributed by atoms with Crippen LogP contribution in [0.5, 0.6) is 0 Å². The number of hydrogen-bond acceptors (Lipinski definition) is 1. The predicted octanol–water partition coefficient (Wildman–Crippen LogP) is 4.83. The molecule has 1 aliphatic rings. The Balaban J connectivity index is 2.14. The van der Waals surface area contributed by atoms with Crippen LogP contribution in [0.15, 0.2) is 18.2 Å². The van der Waals surface area contributed by atoms with Gasteiger partial charge in [-0.3, -0.25) is 0 Å². The van der Waals surface area contributed by atoms with Gasteiger partial charge in [0.05, 0.1) is 5.02 Å². The molecule has 0 saturated heterocycles. The summed E-state index contributed by atoms with van der Waals surface area (Å²) in [6.45, 7) is 7.81. The van der Waals surface area contributed by atoms with Crippen molar-refractivity contribution in [3.63, 3.8) is 0 Å². The smallest absolute Gasteiger partial charge is 0.142 e. The van der Waals surface area contributed by atoms with Gasteiger partial charge in [-0.1, -0.05) is 44.9 Å². The van der Waals surface area contributed by atoms with Gasteiger partial charge in [-0.15, -0.1) is 0 Å². The molecule has 1 N–H and O–H groups in total. The summed E-state index contributed by atoms with van der Waals surface area (Å²) in [6, 6.07) is 5.60. The van der Waals surface area contributed by atoms with Crippen LogP contribution in [-0.2, 0) is 6.42 Å². The summed E-state index contributed by atoms with van der Waals surface area (Å²) in [6.07, 6.45) is 4.72. The van der Waals surface area contributed by atoms with Crippen molar-refractivity contribution in [3.05, 3.63) is 34.6 Å². The summed E-state index contributed by atoms with van der Waals surface area (Å²) < 4.78 is 13.6. The largest absolute Gasteiger partial charge is 0.314 e. The second-order valence-electron chi connectivity index (χ2n) is 6.60. The molecule has 1 nitrogen and oxygen atoms in total. The van der Waals surface area contributed by atoms with E-state index in [2.05, 4.69) is 26.1 Å². The third kappa shape index (κ3) is 3.53. The number of nitrogens with one attached hydrogen (secondary N) is 1. The van der Waals surface area contributed by atoms with E-state index in [9.17, 15) is 4.39 Å². The predicted molar refractivity (Wildman–Crippen MR) is 83.7 cm³/mol. The Hall–Kier alpha value is -0.600. The first-order valence-electron chi connectivity index (χ1n) is 7.61. The molecule has 2 unspecified atom stereocenters. The molecule has 0 heterocycles. The molecule has 1 aromatic rings. The fraction of sp³-hybridized carbons (Fsp3) is 0.647. The second kappa shape index (κ2) is 6.44. The van der Waals surface area contributed by atoms with E-state index >= 15 is 0 Å². The van der Waals surface area contributed by atoms with Crippen LogP contribution in [-0.4, -0.2) is 12.6 Å². The van der Waals surface area contributed by atoms with Crippen LogP contribution in [0.25, 0.3) is 0 Å². The molecule has 1 aliphatic carbocycles. The van der Waals surface area contributed by atoms with Crippen molar-refractivity contribution in [2.24, 2.45) is 11.3 Å². The summed E-state index contributed by atoms with van der Waals surface area (Å²) in [5.41, 5.74) is 1.40. The van der Waals surface area contributed by atoms with E-state index < -0.39 is 0 Å². The number of benzene rings is 1. The van der Waals surface area contributed by atoms with Crippen molar-refractivity contribution < 1.29 is 4.39 Å². The maximum Gasteiger partial charge on any atom is 0.142 e. The number of likely N-dealkylation sites (N-methyl/N-ethyl adjacent to an activating group) is 1. The minimum atomic E-state index is -0.315. The Morgan fingerprint density at radius 1 is 1.45 bits per heavy atom. The molecule has 2 atom stereocenters. The lowest BCUT2D eigenvalue weighted by Gasteiger charge is -2.35. The van der Waals surface area contributed by atoms with Crippen molar-refractivity contribution in [3.8, 4) is 0 Å². The van der Waals surface area contributed by atoms with Gasteiger partial charge in [0.2, 0.25) is 0 Å². The van der Waals surface area contributed by atoms with Crippen LogP contribution in [0.2, 0.25) is 5.02 Å². The highest BCUT2D eigenvalue weighted by molar-refractivity contribution is 6.30. The molecule has 0 spiro atoms. The second-order valence-corrected chi connectivity index (χ2v) is 7.01. The van der Waals surface area contributed by atoms with E-state index in [0.717, 1.165) is 18.5 Å². The van der Waals surface area contributed by atoms with Gasteiger partial charge >= 0.3 is 0 Å². The highest BCUT2D eigenvalue weighted by Crippen LogP contribution is 2.45. The van der Waals surface area contributed by atoms with E-state index in [1.807, 2.05) is 6.07 Å². The van der Waals surface area contributed by atoms with Gasteiger partial charge in [0.25, 0.3) is 0 Å². The van der Waals surface area contributed by atoms with Crippen LogP contribution >= 0.6 is 11.6 Å². The fourth-order valence-corrected chi connectivity index (χ4v) is 3.76. The standard InChI is InChI=1S/C17H25ClFN/c1-4-20-16(13-6-5-9-17(13,2)3)11-12-7-8-14(18)15(19)10-12/h7-8,10,13,16,20H,4-6,9,11H2,1-3H3. The summed E-state index contributed by atoms with van der Waals surface area (Å²) in [5.74, 6) is 0.339. The Kier molecular flexibility index (Phi) is 5.09. The molecule has 0 aliphatic heterocycles. The molecule has 20 heavy (non-hydrogen) atoms. The first kappa shape index (κ1) is 15.8. The van der Waals surface area contributed by atoms with Gasteiger partial charge in [-0.05, 0) is 54.8 Å². The maximum atomic E-state index is 13.6. The molecule has 2 rings (SSSR count). The van der Waals surface area contributed by atoms with E-state index in [4.69, 9.17) is 11.6 Å². The summed E-state index contributed by atoms with van der Waals surface area (Å²) in [5, 5.41) is 3.81. The molecule has 1 saturated carbocycles. The van der Waals surface area contributed by atoms with Crippen molar-refractivity contribution in [2.45, 2.75) is 52.5 Å². The zero-order chi connectivity index (χ0) is 14.8. The van der Waals surface area contributed by atoms with Crippen LogP contribution in [0.1, 0.15) is 45.6 Å². The van der Waals surface area contributed by atoms with Crippen LogP contribution in [0.3, 0.4) is 0 Å². The number of halogens is 2. The van der Waals surface area contributed by atoms with Crippen molar-refractivity contribution in [2.75, 3.05) is 6.54 Å². The highest BCUT2D eigenvalue weighted by Gasteiger charge is 2.39. The van der Waals surface area contributed by atoms with Gasteiger partial charge in [-0.25, -0.2) is 4.39 Å². The van der Waals surface area contributed by atoms with Crippen LogP contribution < -0.4 is 5.32 Å². The molecular weight excluding hydrogens is 273 g/mol. The summed E-state index contributed by atoms with van der Waals surface area (Å²) in [7, 11) is 0. The zero-order valence-electron chi connectivity index (χ0n) is 12.7. The Bertz CT molecular complexity index is 458. The van der Waals surface area contributed by atoms with Gasteiger partial charge in [0.15, 0.2) is 0 Å². The van der Waals surface area contributed by atoms with Crippen LogP contribution in [0, 0.1) is 17.2 Å². The molecule has 0 aromatic heterocycles. The van der Waals surface area contributed by atoms with Crippen molar-refractivity contribution in [1.82, 2.24) is 5.32 Å². The normalized spacial score (nSPS) is 22.9. The lowest BCUT2D eigenvalue weighted by atomic mass is 9.76. The van der Waals surface area contributed by atoms with E-state index in [0.29, 0.717) is 17.4 Å². The Labute approximate surface area is 126 Å². The van der Waals surface area contributed by atoms with Gasteiger partial charge in [0, 0.05) is 6.04 Å². The van der Waals surface area contributed by atoms with Gasteiger partial charge in [-0.2, -0.15) is 0 Å². The van der Waals surface area contributed by atoms with Crippen molar-refractivity contribution in [1.29, 1.82) is 0 Å². The summed E-state index contributed by atoms with van der Waals surface area (Å²) in [4.78, 5) is 0. The Morgan fingerprint density at radius 2 is 2.20 bits per heavy atom. The SMILES string of the molecule is CCNC(Cc1ccc(Cl)c(F)c1)C1CCCC1(C)C. The molecular formula is C17H25ClFN. The summed E-state index contributed by atoms with van der Waals surface area (Å²) >= 11 is 5.76.